The molecule has 2 heteroatoms. The van der Waals surface area contributed by atoms with Crippen molar-refractivity contribution in [2.45, 2.75) is 33.3 Å². The van der Waals surface area contributed by atoms with Crippen molar-refractivity contribution in [2.75, 3.05) is 0 Å². The molecule has 0 aliphatic carbocycles. The van der Waals surface area contributed by atoms with E-state index in [1.54, 1.807) is 0 Å². The highest BCUT2D eigenvalue weighted by atomic mass is 16.3. The van der Waals surface area contributed by atoms with Crippen LogP contribution in [0.1, 0.15) is 30.5 Å². The molecular formula is C21H22O2. The van der Waals surface area contributed by atoms with Crippen LogP contribution in [0.3, 0.4) is 0 Å². The monoisotopic (exact) mass is 306 g/mol. The Morgan fingerprint density at radius 2 is 1.61 bits per heavy atom. The first-order valence-corrected chi connectivity index (χ1v) is 8.16. The Labute approximate surface area is 137 Å². The van der Waals surface area contributed by atoms with Crippen LogP contribution in [0.2, 0.25) is 0 Å². The van der Waals surface area contributed by atoms with Gasteiger partial charge < -0.3 is 10.2 Å². The second-order valence-electron chi connectivity index (χ2n) is 5.84. The zero-order valence-electron chi connectivity index (χ0n) is 13.6. The lowest BCUT2D eigenvalue weighted by Crippen LogP contribution is -1.97. The number of hydrogen-bond acceptors (Lipinski definition) is 2. The molecule has 0 aliphatic heterocycles. The predicted molar refractivity (Wildman–Crippen MR) is 95.7 cm³/mol. The maximum absolute atomic E-state index is 10.7. The van der Waals surface area contributed by atoms with Crippen molar-refractivity contribution in [1.82, 2.24) is 0 Å². The van der Waals surface area contributed by atoms with Gasteiger partial charge in [0.25, 0.3) is 0 Å². The Hall–Kier alpha value is -2.32. The maximum atomic E-state index is 10.7. The second-order valence-corrected chi connectivity index (χ2v) is 5.84. The third-order valence-electron chi connectivity index (χ3n) is 4.48. The van der Waals surface area contributed by atoms with Gasteiger partial charge in [-0.15, -0.1) is 0 Å². The number of benzene rings is 3. The molecule has 3 aromatic carbocycles. The average molecular weight is 306 g/mol. The van der Waals surface area contributed by atoms with Crippen LogP contribution < -0.4 is 0 Å². The summed E-state index contributed by atoms with van der Waals surface area (Å²) >= 11 is 0. The molecule has 0 aromatic heterocycles. The normalized spacial score (nSPS) is 11.1. The Bertz CT molecular complexity index is 850. The summed E-state index contributed by atoms with van der Waals surface area (Å²) < 4.78 is 0. The summed E-state index contributed by atoms with van der Waals surface area (Å²) in [5, 5.41) is 22.7. The van der Waals surface area contributed by atoms with Gasteiger partial charge in [0.05, 0.1) is 6.61 Å². The van der Waals surface area contributed by atoms with E-state index < -0.39 is 0 Å². The SMILES string of the molecule is CCc1cc(O)c(-c2c(CO)ccc3ccccc23)c(CC)c1. The van der Waals surface area contributed by atoms with E-state index in [4.69, 9.17) is 0 Å². The van der Waals surface area contributed by atoms with Gasteiger partial charge in [-0.05, 0) is 51.9 Å². The number of aliphatic hydroxyl groups excluding tert-OH is 1. The summed E-state index contributed by atoms with van der Waals surface area (Å²) in [4.78, 5) is 0. The largest absolute Gasteiger partial charge is 0.507 e. The molecule has 0 aliphatic rings. The van der Waals surface area contributed by atoms with Crippen molar-refractivity contribution in [3.63, 3.8) is 0 Å². The van der Waals surface area contributed by atoms with Gasteiger partial charge in [-0.3, -0.25) is 0 Å². The van der Waals surface area contributed by atoms with E-state index in [-0.39, 0.29) is 6.61 Å². The molecule has 0 atom stereocenters. The number of rotatable bonds is 4. The molecule has 23 heavy (non-hydrogen) atoms. The van der Waals surface area contributed by atoms with Crippen LogP contribution >= 0.6 is 0 Å². The van der Waals surface area contributed by atoms with E-state index in [1.165, 1.54) is 0 Å². The quantitative estimate of drug-likeness (QED) is 0.725. The van der Waals surface area contributed by atoms with Crippen molar-refractivity contribution in [1.29, 1.82) is 0 Å². The molecule has 0 fully saturated rings. The van der Waals surface area contributed by atoms with Crippen molar-refractivity contribution in [3.05, 3.63) is 65.2 Å². The number of aromatic hydroxyl groups is 1. The van der Waals surface area contributed by atoms with Gasteiger partial charge >= 0.3 is 0 Å². The third kappa shape index (κ3) is 2.71. The third-order valence-corrected chi connectivity index (χ3v) is 4.48. The number of aliphatic hydroxyl groups is 1. The van der Waals surface area contributed by atoms with Gasteiger partial charge in [-0.2, -0.15) is 0 Å². The minimum absolute atomic E-state index is 0.0434. The van der Waals surface area contributed by atoms with Crippen LogP contribution in [0.25, 0.3) is 21.9 Å². The molecule has 0 saturated carbocycles. The molecule has 3 aromatic rings. The Balaban J connectivity index is 2.40. The van der Waals surface area contributed by atoms with Gasteiger partial charge in [0.15, 0.2) is 0 Å². The molecule has 118 valence electrons. The topological polar surface area (TPSA) is 40.5 Å². The zero-order chi connectivity index (χ0) is 16.4. The first-order valence-electron chi connectivity index (χ1n) is 8.16. The smallest absolute Gasteiger partial charge is 0.123 e. The molecule has 2 nitrogen and oxygen atoms in total. The van der Waals surface area contributed by atoms with Crippen LogP contribution in [0.5, 0.6) is 5.75 Å². The number of phenolic OH excluding ortho intramolecular Hbond substituents is 1. The van der Waals surface area contributed by atoms with Crippen LogP contribution in [0.4, 0.5) is 0 Å². The lowest BCUT2D eigenvalue weighted by atomic mass is 9.88. The van der Waals surface area contributed by atoms with Crippen LogP contribution in [0, 0.1) is 0 Å². The van der Waals surface area contributed by atoms with Gasteiger partial charge in [0, 0.05) is 5.56 Å². The molecule has 0 unspecified atom stereocenters. The lowest BCUT2D eigenvalue weighted by molar-refractivity contribution is 0.282. The predicted octanol–water partition coefficient (Wildman–Crippen LogP) is 4.83. The van der Waals surface area contributed by atoms with Crippen LogP contribution in [-0.2, 0) is 19.4 Å². The molecule has 0 saturated heterocycles. The average Bonchev–Trinajstić information content (AvgIpc) is 2.60. The zero-order valence-corrected chi connectivity index (χ0v) is 13.6. The molecule has 0 bridgehead atoms. The van der Waals surface area contributed by atoms with Gasteiger partial charge in [0.2, 0.25) is 0 Å². The molecule has 0 heterocycles. The number of aryl methyl sites for hydroxylation is 2. The summed E-state index contributed by atoms with van der Waals surface area (Å²) in [6.45, 7) is 4.14. The lowest BCUT2D eigenvalue weighted by Gasteiger charge is -2.18. The highest BCUT2D eigenvalue weighted by Crippen LogP contribution is 2.40. The molecule has 2 N–H and O–H groups in total. The molecule has 0 amide bonds. The van der Waals surface area contributed by atoms with Crippen molar-refractivity contribution in [3.8, 4) is 16.9 Å². The van der Waals surface area contributed by atoms with E-state index >= 15 is 0 Å². The van der Waals surface area contributed by atoms with Gasteiger partial charge in [0.1, 0.15) is 5.75 Å². The summed E-state index contributed by atoms with van der Waals surface area (Å²) in [7, 11) is 0. The Kier molecular flexibility index (Phi) is 4.35. The first kappa shape index (κ1) is 15.6. The van der Waals surface area contributed by atoms with E-state index in [2.05, 4.69) is 32.0 Å². The van der Waals surface area contributed by atoms with Crippen LogP contribution in [0.15, 0.2) is 48.5 Å². The second kappa shape index (κ2) is 6.43. The van der Waals surface area contributed by atoms with Gasteiger partial charge in [-0.1, -0.05) is 56.3 Å². The maximum Gasteiger partial charge on any atom is 0.123 e. The summed E-state index contributed by atoms with van der Waals surface area (Å²) in [6, 6.07) is 16.1. The first-order chi connectivity index (χ1) is 11.2. The van der Waals surface area contributed by atoms with E-state index in [0.29, 0.717) is 5.75 Å². The van der Waals surface area contributed by atoms with Crippen molar-refractivity contribution >= 4 is 10.8 Å². The highest BCUT2D eigenvalue weighted by Gasteiger charge is 2.17. The van der Waals surface area contributed by atoms with Crippen LogP contribution in [-0.4, -0.2) is 10.2 Å². The Morgan fingerprint density at radius 3 is 2.30 bits per heavy atom. The van der Waals surface area contributed by atoms with Crippen molar-refractivity contribution < 1.29 is 10.2 Å². The van der Waals surface area contributed by atoms with E-state index in [0.717, 1.165) is 51.4 Å². The summed E-state index contributed by atoms with van der Waals surface area (Å²) in [5.74, 6) is 0.298. The molecule has 0 radical (unpaired) electrons. The fourth-order valence-corrected chi connectivity index (χ4v) is 3.27. The van der Waals surface area contributed by atoms with E-state index in [9.17, 15) is 10.2 Å². The standard InChI is InChI=1S/C21H22O2/c1-3-14-11-15(4-2)21(19(23)12-14)20-17(13-22)10-9-16-7-5-6-8-18(16)20/h5-12,22-23H,3-4,13H2,1-2H3. The minimum Gasteiger partial charge on any atom is -0.507 e. The number of hydrogen-bond donors (Lipinski definition) is 2. The molecule has 0 spiro atoms. The fraction of sp³-hybridized carbons (Fsp3) is 0.238. The minimum atomic E-state index is -0.0434. The fourth-order valence-electron chi connectivity index (χ4n) is 3.27. The highest BCUT2D eigenvalue weighted by molar-refractivity contribution is 6.00. The Morgan fingerprint density at radius 1 is 0.826 bits per heavy atom. The summed E-state index contributed by atoms with van der Waals surface area (Å²) in [6.07, 6.45) is 1.73. The number of fused-ring (bicyclic) bond motifs is 1. The molecule has 3 rings (SSSR count). The van der Waals surface area contributed by atoms with Gasteiger partial charge in [-0.25, -0.2) is 0 Å². The van der Waals surface area contributed by atoms with Crippen molar-refractivity contribution in [2.24, 2.45) is 0 Å². The summed E-state index contributed by atoms with van der Waals surface area (Å²) in [5.41, 5.74) is 4.90. The van der Waals surface area contributed by atoms with E-state index in [1.807, 2.05) is 30.3 Å². The molecular weight excluding hydrogens is 284 g/mol. The number of phenols is 1.